The minimum Gasteiger partial charge on any atom is -0.506 e. The molecule has 0 heterocycles. The van der Waals surface area contributed by atoms with E-state index in [9.17, 15) is 19.4 Å². The van der Waals surface area contributed by atoms with Crippen molar-refractivity contribution in [3.8, 4) is 5.75 Å². The van der Waals surface area contributed by atoms with Crippen LogP contribution in [0.15, 0.2) is 12.1 Å². The predicted molar refractivity (Wildman–Crippen MR) is 60.9 cm³/mol. The van der Waals surface area contributed by atoms with Crippen LogP contribution in [0.5, 0.6) is 5.75 Å². The zero-order valence-corrected chi connectivity index (χ0v) is 9.80. The molecule has 0 spiro atoms. The molecule has 0 aromatic heterocycles. The summed E-state index contributed by atoms with van der Waals surface area (Å²) < 4.78 is 13.8. The number of carbonyl (C=O) groups is 1. The summed E-state index contributed by atoms with van der Waals surface area (Å²) in [5.74, 6) is -2.11. The fraction of sp³-hybridized carbons (Fsp3) is 0.417. The van der Waals surface area contributed by atoms with Crippen LogP contribution in [0.1, 0.15) is 31.2 Å². The van der Waals surface area contributed by atoms with Crippen LogP contribution in [0.3, 0.4) is 0 Å². The molecule has 2 rings (SSSR count). The third kappa shape index (κ3) is 1.86. The first-order valence-electron chi connectivity index (χ1n) is 5.39. The number of phenolic OH excluding ortho intramolecular Hbond substituents is 1. The quantitative estimate of drug-likeness (QED) is 0.857. The normalized spacial score (nSPS) is 18.2. The van der Waals surface area contributed by atoms with Gasteiger partial charge in [-0.25, -0.2) is 4.39 Å². The fourth-order valence-electron chi connectivity index (χ4n) is 2.48. The van der Waals surface area contributed by atoms with Gasteiger partial charge in [0, 0.05) is 11.6 Å². The Morgan fingerprint density at radius 1 is 1.35 bits per heavy atom. The van der Waals surface area contributed by atoms with E-state index in [4.69, 9.17) is 11.6 Å². The van der Waals surface area contributed by atoms with E-state index < -0.39 is 17.2 Å². The molecule has 17 heavy (non-hydrogen) atoms. The fourth-order valence-corrected chi connectivity index (χ4v) is 2.64. The average molecular weight is 259 g/mol. The van der Waals surface area contributed by atoms with Crippen molar-refractivity contribution in [1.29, 1.82) is 0 Å². The molecule has 0 unspecified atom stereocenters. The van der Waals surface area contributed by atoms with Crippen LogP contribution in [0.25, 0.3) is 0 Å². The molecule has 0 bridgehead atoms. The zero-order chi connectivity index (χ0) is 12.6. The van der Waals surface area contributed by atoms with Gasteiger partial charge in [0.25, 0.3) is 0 Å². The summed E-state index contributed by atoms with van der Waals surface area (Å²) in [6.07, 6.45) is 2.31. The minimum atomic E-state index is -1.19. The minimum absolute atomic E-state index is 0.0195. The molecule has 0 saturated heterocycles. The molecular formula is C12H12ClFO3. The zero-order valence-electron chi connectivity index (χ0n) is 9.04. The molecule has 5 heteroatoms. The van der Waals surface area contributed by atoms with Gasteiger partial charge in [0.05, 0.1) is 10.4 Å². The van der Waals surface area contributed by atoms with Gasteiger partial charge in [-0.1, -0.05) is 24.4 Å². The molecule has 0 atom stereocenters. The second kappa shape index (κ2) is 4.18. The van der Waals surface area contributed by atoms with Crippen molar-refractivity contribution in [2.24, 2.45) is 0 Å². The van der Waals surface area contributed by atoms with Crippen LogP contribution in [0.2, 0.25) is 5.02 Å². The third-order valence-electron chi connectivity index (χ3n) is 3.42. The first-order chi connectivity index (χ1) is 7.97. The summed E-state index contributed by atoms with van der Waals surface area (Å²) in [6.45, 7) is 0. The van der Waals surface area contributed by atoms with E-state index >= 15 is 0 Å². The molecule has 0 amide bonds. The Morgan fingerprint density at radius 3 is 2.47 bits per heavy atom. The molecule has 1 aliphatic rings. The van der Waals surface area contributed by atoms with Crippen molar-refractivity contribution in [2.45, 2.75) is 31.1 Å². The van der Waals surface area contributed by atoms with Gasteiger partial charge < -0.3 is 10.2 Å². The van der Waals surface area contributed by atoms with E-state index in [1.807, 2.05) is 0 Å². The highest BCUT2D eigenvalue weighted by Gasteiger charge is 2.45. The number of phenols is 1. The van der Waals surface area contributed by atoms with Crippen molar-refractivity contribution in [3.63, 3.8) is 0 Å². The van der Waals surface area contributed by atoms with Gasteiger partial charge in [-0.3, -0.25) is 4.79 Å². The van der Waals surface area contributed by atoms with Crippen LogP contribution in [-0.2, 0) is 10.2 Å². The Balaban J connectivity index is 2.58. The van der Waals surface area contributed by atoms with E-state index in [0.29, 0.717) is 12.8 Å². The summed E-state index contributed by atoms with van der Waals surface area (Å²) >= 11 is 5.72. The molecule has 0 radical (unpaired) electrons. The lowest BCUT2D eigenvalue weighted by Gasteiger charge is -2.25. The van der Waals surface area contributed by atoms with Crippen molar-refractivity contribution in [1.82, 2.24) is 0 Å². The number of carboxylic acids is 1. The van der Waals surface area contributed by atoms with Crippen molar-refractivity contribution in [3.05, 3.63) is 28.5 Å². The number of hydrogen-bond donors (Lipinski definition) is 2. The van der Waals surface area contributed by atoms with E-state index in [2.05, 4.69) is 0 Å². The maximum Gasteiger partial charge on any atom is 0.314 e. The number of benzene rings is 1. The molecular weight excluding hydrogens is 247 g/mol. The van der Waals surface area contributed by atoms with Gasteiger partial charge in [0.2, 0.25) is 0 Å². The van der Waals surface area contributed by atoms with Crippen LogP contribution in [-0.4, -0.2) is 16.2 Å². The summed E-state index contributed by atoms with van der Waals surface area (Å²) in [5.41, 5.74) is -1.12. The summed E-state index contributed by atoms with van der Waals surface area (Å²) in [7, 11) is 0. The average Bonchev–Trinajstić information content (AvgIpc) is 2.73. The van der Waals surface area contributed by atoms with E-state index in [0.717, 1.165) is 18.9 Å². The SMILES string of the molecule is O=C(O)C1(c2cc(Cl)c(O)cc2F)CCCC1. The summed E-state index contributed by atoms with van der Waals surface area (Å²) in [5, 5.41) is 18.6. The predicted octanol–water partition coefficient (Wildman–Crippen LogP) is 3.08. The van der Waals surface area contributed by atoms with Crippen molar-refractivity contribution < 1.29 is 19.4 Å². The van der Waals surface area contributed by atoms with Crippen LogP contribution in [0.4, 0.5) is 4.39 Å². The maximum absolute atomic E-state index is 13.8. The third-order valence-corrected chi connectivity index (χ3v) is 3.72. The first kappa shape index (κ1) is 12.2. The Kier molecular flexibility index (Phi) is 3.00. The molecule has 1 saturated carbocycles. The largest absolute Gasteiger partial charge is 0.506 e. The Bertz CT molecular complexity index is 467. The molecule has 1 aliphatic carbocycles. The molecule has 1 fully saturated rings. The molecule has 1 aromatic rings. The van der Waals surface area contributed by atoms with E-state index in [1.165, 1.54) is 6.07 Å². The smallest absolute Gasteiger partial charge is 0.314 e. The van der Waals surface area contributed by atoms with Crippen molar-refractivity contribution >= 4 is 17.6 Å². The highest BCUT2D eigenvalue weighted by atomic mass is 35.5. The van der Waals surface area contributed by atoms with Gasteiger partial charge in [-0.05, 0) is 18.9 Å². The van der Waals surface area contributed by atoms with Gasteiger partial charge in [-0.2, -0.15) is 0 Å². The van der Waals surface area contributed by atoms with Crippen LogP contribution in [0, 0.1) is 5.82 Å². The molecule has 2 N–H and O–H groups in total. The van der Waals surface area contributed by atoms with Gasteiger partial charge in [-0.15, -0.1) is 0 Å². The Morgan fingerprint density at radius 2 is 1.94 bits per heavy atom. The molecule has 3 nitrogen and oxygen atoms in total. The highest BCUT2D eigenvalue weighted by molar-refractivity contribution is 6.32. The molecule has 92 valence electrons. The number of hydrogen-bond acceptors (Lipinski definition) is 2. The van der Waals surface area contributed by atoms with Gasteiger partial charge in [0.15, 0.2) is 0 Å². The maximum atomic E-state index is 13.8. The molecule has 1 aromatic carbocycles. The number of halogens is 2. The Hall–Kier alpha value is -1.29. The lowest BCUT2D eigenvalue weighted by atomic mass is 9.78. The van der Waals surface area contributed by atoms with Gasteiger partial charge >= 0.3 is 5.97 Å². The second-order valence-electron chi connectivity index (χ2n) is 4.38. The van der Waals surface area contributed by atoms with E-state index in [1.54, 1.807) is 0 Å². The van der Waals surface area contributed by atoms with Crippen LogP contribution < -0.4 is 0 Å². The standard InChI is InChI=1S/C12H12ClFO3/c13-8-5-7(9(14)6-10(8)15)12(11(16)17)3-1-2-4-12/h5-6,15H,1-4H2,(H,16,17). The number of aliphatic carboxylic acids is 1. The highest BCUT2D eigenvalue weighted by Crippen LogP contribution is 2.44. The monoisotopic (exact) mass is 258 g/mol. The summed E-state index contributed by atoms with van der Waals surface area (Å²) in [6, 6.07) is 2.10. The van der Waals surface area contributed by atoms with Gasteiger partial charge in [0.1, 0.15) is 11.6 Å². The number of aromatic hydroxyl groups is 1. The van der Waals surface area contributed by atoms with E-state index in [-0.39, 0.29) is 16.3 Å². The second-order valence-corrected chi connectivity index (χ2v) is 4.79. The Labute approximate surface area is 103 Å². The lowest BCUT2D eigenvalue weighted by Crippen LogP contribution is -2.33. The van der Waals surface area contributed by atoms with Crippen LogP contribution >= 0.6 is 11.6 Å². The number of rotatable bonds is 2. The topological polar surface area (TPSA) is 57.5 Å². The first-order valence-corrected chi connectivity index (χ1v) is 5.77. The lowest BCUT2D eigenvalue weighted by molar-refractivity contribution is -0.143. The molecule has 0 aliphatic heterocycles. The summed E-state index contributed by atoms with van der Waals surface area (Å²) in [4.78, 5) is 11.4. The van der Waals surface area contributed by atoms with Crippen molar-refractivity contribution in [2.75, 3.05) is 0 Å². The number of carboxylic acid groups (broad SMARTS) is 1.